The van der Waals surface area contributed by atoms with E-state index in [1.165, 1.54) is 12.1 Å². The van der Waals surface area contributed by atoms with Crippen molar-refractivity contribution in [2.45, 2.75) is 31.8 Å². The number of hydrogen-bond donors (Lipinski definition) is 2. The summed E-state index contributed by atoms with van der Waals surface area (Å²) >= 11 is 0. The third-order valence-corrected chi connectivity index (χ3v) is 3.96. The number of hydrogen-bond acceptors (Lipinski definition) is 2. The highest BCUT2D eigenvalue weighted by atomic mass is 19.1. The van der Waals surface area contributed by atoms with Gasteiger partial charge in [0.15, 0.2) is 0 Å². The Morgan fingerprint density at radius 1 is 1.17 bits per heavy atom. The van der Waals surface area contributed by atoms with Crippen LogP contribution in [0.25, 0.3) is 0 Å². The first-order chi connectivity index (χ1) is 10.9. The Morgan fingerprint density at radius 3 is 2.39 bits per heavy atom. The van der Waals surface area contributed by atoms with E-state index in [2.05, 4.69) is 5.32 Å². The van der Waals surface area contributed by atoms with Crippen molar-refractivity contribution in [1.82, 2.24) is 5.32 Å². The molecule has 2 rings (SSSR count). The second-order valence-corrected chi connectivity index (χ2v) is 6.07. The van der Waals surface area contributed by atoms with Gasteiger partial charge in [0.2, 0.25) is 5.91 Å². The lowest BCUT2D eigenvalue weighted by atomic mass is 9.95. The van der Waals surface area contributed by atoms with Gasteiger partial charge in [-0.3, -0.25) is 4.79 Å². The van der Waals surface area contributed by atoms with Crippen molar-refractivity contribution in [3.63, 3.8) is 0 Å². The lowest BCUT2D eigenvalue weighted by Gasteiger charge is -2.24. The average Bonchev–Trinajstić information content (AvgIpc) is 2.54. The molecule has 0 aromatic heterocycles. The third kappa shape index (κ3) is 4.89. The quantitative estimate of drug-likeness (QED) is 0.859. The number of halogens is 1. The normalized spacial score (nSPS) is 14.8. The molecule has 0 heterocycles. The molecule has 0 saturated heterocycles. The Kier molecular flexibility index (Phi) is 5.50. The molecule has 0 radical (unpaired) electrons. The first-order valence-corrected chi connectivity index (χ1v) is 7.68. The third-order valence-electron chi connectivity index (χ3n) is 3.96. The lowest BCUT2D eigenvalue weighted by molar-refractivity contribution is -0.122. The van der Waals surface area contributed by atoms with E-state index in [0.29, 0.717) is 0 Å². The highest BCUT2D eigenvalue weighted by Gasteiger charge is 2.23. The van der Waals surface area contributed by atoms with Gasteiger partial charge in [-0.15, -0.1) is 0 Å². The molecular formula is C19H22FNO2. The van der Waals surface area contributed by atoms with Gasteiger partial charge in [-0.2, -0.15) is 0 Å². The molecule has 0 aliphatic rings. The molecule has 2 unspecified atom stereocenters. The molecule has 2 aromatic rings. The smallest absolute Gasteiger partial charge is 0.220 e. The molecule has 2 atom stereocenters. The number of carbonyl (C=O) groups is 1. The van der Waals surface area contributed by atoms with Crippen molar-refractivity contribution < 1.29 is 14.3 Å². The molecule has 0 aliphatic heterocycles. The van der Waals surface area contributed by atoms with Crippen LogP contribution < -0.4 is 5.32 Å². The van der Waals surface area contributed by atoms with Crippen LogP contribution in [-0.2, 0) is 10.4 Å². The van der Waals surface area contributed by atoms with E-state index < -0.39 is 5.60 Å². The molecule has 23 heavy (non-hydrogen) atoms. The molecule has 3 nitrogen and oxygen atoms in total. The van der Waals surface area contributed by atoms with Crippen LogP contribution in [0.3, 0.4) is 0 Å². The van der Waals surface area contributed by atoms with Crippen LogP contribution in [0.1, 0.15) is 37.3 Å². The fourth-order valence-electron chi connectivity index (χ4n) is 2.43. The second-order valence-electron chi connectivity index (χ2n) is 6.07. The van der Waals surface area contributed by atoms with E-state index in [1.54, 1.807) is 19.1 Å². The Balaban J connectivity index is 1.88. The zero-order valence-corrected chi connectivity index (χ0v) is 13.4. The summed E-state index contributed by atoms with van der Waals surface area (Å²) in [5.41, 5.74) is 0.555. The Labute approximate surface area is 136 Å². The van der Waals surface area contributed by atoms with E-state index in [9.17, 15) is 14.3 Å². The van der Waals surface area contributed by atoms with E-state index in [-0.39, 0.29) is 30.6 Å². The molecule has 2 N–H and O–H groups in total. The Morgan fingerprint density at radius 2 is 1.78 bits per heavy atom. The Hall–Kier alpha value is -2.20. The summed E-state index contributed by atoms with van der Waals surface area (Å²) in [5.74, 6) is -0.445. The number of rotatable bonds is 6. The Bertz CT molecular complexity index is 638. The van der Waals surface area contributed by atoms with Gasteiger partial charge in [0.05, 0.1) is 6.54 Å². The molecule has 1 amide bonds. The van der Waals surface area contributed by atoms with Gasteiger partial charge < -0.3 is 10.4 Å². The number of benzene rings is 2. The van der Waals surface area contributed by atoms with Gasteiger partial charge >= 0.3 is 0 Å². The number of nitrogens with one attached hydrogen (secondary N) is 1. The van der Waals surface area contributed by atoms with Gasteiger partial charge in [-0.1, -0.05) is 49.4 Å². The van der Waals surface area contributed by atoms with E-state index >= 15 is 0 Å². The first-order valence-electron chi connectivity index (χ1n) is 7.68. The van der Waals surface area contributed by atoms with E-state index in [0.717, 1.165) is 11.1 Å². The van der Waals surface area contributed by atoms with E-state index in [4.69, 9.17) is 0 Å². The van der Waals surface area contributed by atoms with Crippen molar-refractivity contribution in [3.8, 4) is 0 Å². The maximum absolute atomic E-state index is 12.9. The molecular weight excluding hydrogens is 293 g/mol. The average molecular weight is 315 g/mol. The minimum absolute atomic E-state index is 0.0164. The number of aliphatic hydroxyl groups is 1. The first kappa shape index (κ1) is 17.2. The van der Waals surface area contributed by atoms with Crippen molar-refractivity contribution >= 4 is 5.91 Å². The van der Waals surface area contributed by atoms with Crippen LogP contribution in [-0.4, -0.2) is 17.6 Å². The zero-order chi connectivity index (χ0) is 16.9. The molecule has 122 valence electrons. The highest BCUT2D eigenvalue weighted by Crippen LogP contribution is 2.21. The zero-order valence-electron chi connectivity index (χ0n) is 13.4. The topological polar surface area (TPSA) is 49.3 Å². The van der Waals surface area contributed by atoms with Crippen LogP contribution in [0.2, 0.25) is 0 Å². The summed E-state index contributed by atoms with van der Waals surface area (Å²) in [5, 5.41) is 13.2. The fourth-order valence-corrected chi connectivity index (χ4v) is 2.43. The van der Waals surface area contributed by atoms with Gasteiger partial charge in [-0.05, 0) is 36.1 Å². The minimum atomic E-state index is -1.12. The molecule has 0 aliphatic carbocycles. The highest BCUT2D eigenvalue weighted by molar-refractivity contribution is 5.76. The maximum Gasteiger partial charge on any atom is 0.220 e. The van der Waals surface area contributed by atoms with Gasteiger partial charge in [0.25, 0.3) is 0 Å². The predicted molar refractivity (Wildman–Crippen MR) is 88.5 cm³/mol. The van der Waals surface area contributed by atoms with E-state index in [1.807, 2.05) is 37.3 Å². The molecule has 2 aromatic carbocycles. The van der Waals surface area contributed by atoms with Crippen LogP contribution in [0.5, 0.6) is 0 Å². The van der Waals surface area contributed by atoms with Crippen LogP contribution in [0, 0.1) is 5.82 Å². The largest absolute Gasteiger partial charge is 0.384 e. The summed E-state index contributed by atoms with van der Waals surface area (Å²) < 4.78 is 12.9. The van der Waals surface area contributed by atoms with Crippen LogP contribution in [0.15, 0.2) is 54.6 Å². The van der Waals surface area contributed by atoms with Crippen molar-refractivity contribution in [2.75, 3.05) is 6.54 Å². The second kappa shape index (κ2) is 7.38. The predicted octanol–water partition coefficient (Wildman–Crippen LogP) is 3.34. The van der Waals surface area contributed by atoms with Crippen molar-refractivity contribution in [1.29, 1.82) is 0 Å². The van der Waals surface area contributed by atoms with Gasteiger partial charge in [0, 0.05) is 6.42 Å². The van der Waals surface area contributed by atoms with Gasteiger partial charge in [-0.25, -0.2) is 4.39 Å². The molecule has 0 spiro atoms. The molecule has 0 bridgehead atoms. The van der Waals surface area contributed by atoms with Crippen LogP contribution in [0.4, 0.5) is 4.39 Å². The minimum Gasteiger partial charge on any atom is -0.384 e. The number of carbonyl (C=O) groups excluding carboxylic acids is 1. The lowest BCUT2D eigenvalue weighted by Crippen LogP contribution is -2.38. The molecule has 4 heteroatoms. The molecule has 0 saturated carbocycles. The summed E-state index contributed by atoms with van der Waals surface area (Å²) in [4.78, 5) is 12.1. The fraction of sp³-hybridized carbons (Fsp3) is 0.316. The van der Waals surface area contributed by atoms with Gasteiger partial charge in [0.1, 0.15) is 11.4 Å². The monoisotopic (exact) mass is 315 g/mol. The molecule has 0 fully saturated rings. The van der Waals surface area contributed by atoms with Crippen LogP contribution >= 0.6 is 0 Å². The summed E-state index contributed by atoms with van der Waals surface area (Å²) in [6, 6.07) is 15.4. The summed E-state index contributed by atoms with van der Waals surface area (Å²) in [6.45, 7) is 3.74. The van der Waals surface area contributed by atoms with Crippen molar-refractivity contribution in [2.24, 2.45) is 0 Å². The maximum atomic E-state index is 12.9. The van der Waals surface area contributed by atoms with Crippen molar-refractivity contribution in [3.05, 3.63) is 71.5 Å². The SMILES string of the molecule is CC(CC(=O)NCC(C)(O)c1ccccc1)c1ccc(F)cc1. The summed E-state index contributed by atoms with van der Waals surface area (Å²) in [7, 11) is 0. The standard InChI is InChI=1S/C19H22FNO2/c1-14(15-8-10-17(20)11-9-15)12-18(22)21-13-19(2,23)16-6-4-3-5-7-16/h3-11,14,23H,12-13H2,1-2H3,(H,21,22). The number of amides is 1. The summed E-state index contributed by atoms with van der Waals surface area (Å²) in [6.07, 6.45) is 0.288.